The van der Waals surface area contributed by atoms with E-state index in [9.17, 15) is 9.59 Å². The summed E-state index contributed by atoms with van der Waals surface area (Å²) >= 11 is 0. The lowest BCUT2D eigenvalue weighted by molar-refractivity contribution is -0.134. The zero-order valence-corrected chi connectivity index (χ0v) is 17.8. The molecule has 0 aromatic heterocycles. The fraction of sp³-hybridized carbons (Fsp3) is 0.579. The number of amides is 2. The van der Waals surface area contributed by atoms with Crippen LogP contribution in [0.2, 0.25) is 0 Å². The van der Waals surface area contributed by atoms with E-state index in [0.29, 0.717) is 12.1 Å². The normalized spacial score (nSPS) is 19.3. The van der Waals surface area contributed by atoms with E-state index >= 15 is 0 Å². The smallest absolute Gasteiger partial charge is 0.251 e. The molecule has 158 valence electrons. The van der Waals surface area contributed by atoms with Crippen LogP contribution in [0.25, 0.3) is 0 Å². The standard InChI is InChI=1S/C19H28N4O3.2ClH/c1-26-16-6-4-15(5-7-16)18(24)21-9-10-22-11-13-23(14-12-22)19(25)17-3-2-8-20-17;;/h4-7,17,20H,2-3,8-14H2,1H3,(H,21,24);2*1H. The fourth-order valence-corrected chi connectivity index (χ4v) is 3.48. The Morgan fingerprint density at radius 2 is 1.82 bits per heavy atom. The molecule has 2 heterocycles. The van der Waals surface area contributed by atoms with E-state index in [1.54, 1.807) is 31.4 Å². The van der Waals surface area contributed by atoms with Crippen LogP contribution in [0.3, 0.4) is 0 Å². The summed E-state index contributed by atoms with van der Waals surface area (Å²) in [4.78, 5) is 28.8. The summed E-state index contributed by atoms with van der Waals surface area (Å²) in [6, 6.07) is 7.10. The van der Waals surface area contributed by atoms with E-state index in [1.165, 1.54) is 0 Å². The van der Waals surface area contributed by atoms with Gasteiger partial charge in [-0.3, -0.25) is 14.5 Å². The molecular weight excluding hydrogens is 403 g/mol. The van der Waals surface area contributed by atoms with Crippen LogP contribution in [0.15, 0.2) is 24.3 Å². The fourth-order valence-electron chi connectivity index (χ4n) is 3.48. The van der Waals surface area contributed by atoms with E-state index in [-0.39, 0.29) is 42.7 Å². The van der Waals surface area contributed by atoms with E-state index in [2.05, 4.69) is 15.5 Å². The second-order valence-electron chi connectivity index (χ2n) is 6.80. The molecule has 0 aliphatic carbocycles. The number of rotatable bonds is 6. The zero-order valence-electron chi connectivity index (χ0n) is 16.2. The van der Waals surface area contributed by atoms with Crippen LogP contribution in [-0.4, -0.2) is 80.6 Å². The van der Waals surface area contributed by atoms with Crippen LogP contribution in [0, 0.1) is 0 Å². The molecule has 0 saturated carbocycles. The first kappa shape index (κ1) is 24.5. The molecule has 0 radical (unpaired) electrons. The van der Waals surface area contributed by atoms with Crippen LogP contribution >= 0.6 is 24.8 Å². The van der Waals surface area contributed by atoms with E-state index in [1.807, 2.05) is 4.90 Å². The minimum atomic E-state index is -0.0752. The molecule has 1 unspecified atom stereocenters. The molecule has 0 spiro atoms. The van der Waals surface area contributed by atoms with Crippen molar-refractivity contribution in [3.63, 3.8) is 0 Å². The molecule has 0 bridgehead atoms. The van der Waals surface area contributed by atoms with Crippen molar-refractivity contribution in [2.45, 2.75) is 18.9 Å². The minimum Gasteiger partial charge on any atom is -0.497 e. The van der Waals surface area contributed by atoms with Gasteiger partial charge in [-0.1, -0.05) is 0 Å². The van der Waals surface area contributed by atoms with Crippen LogP contribution in [0.1, 0.15) is 23.2 Å². The second-order valence-corrected chi connectivity index (χ2v) is 6.80. The Morgan fingerprint density at radius 1 is 1.14 bits per heavy atom. The highest BCUT2D eigenvalue weighted by atomic mass is 35.5. The Labute approximate surface area is 179 Å². The van der Waals surface area contributed by atoms with Gasteiger partial charge in [0, 0.05) is 44.8 Å². The van der Waals surface area contributed by atoms with Crippen molar-refractivity contribution < 1.29 is 14.3 Å². The van der Waals surface area contributed by atoms with E-state index < -0.39 is 0 Å². The maximum absolute atomic E-state index is 12.4. The van der Waals surface area contributed by atoms with Gasteiger partial charge in [-0.15, -0.1) is 24.8 Å². The summed E-state index contributed by atoms with van der Waals surface area (Å²) in [6.07, 6.45) is 2.04. The Kier molecular flexibility index (Phi) is 10.6. The first-order valence-electron chi connectivity index (χ1n) is 9.34. The van der Waals surface area contributed by atoms with Gasteiger partial charge in [0.05, 0.1) is 13.2 Å². The molecule has 7 nitrogen and oxygen atoms in total. The molecular formula is C19H30Cl2N4O3. The largest absolute Gasteiger partial charge is 0.497 e. The van der Waals surface area contributed by atoms with Gasteiger partial charge >= 0.3 is 0 Å². The summed E-state index contributed by atoms with van der Waals surface area (Å²) in [7, 11) is 1.60. The first-order valence-corrected chi connectivity index (χ1v) is 9.34. The van der Waals surface area contributed by atoms with E-state index in [4.69, 9.17) is 4.74 Å². The number of ether oxygens (including phenoxy) is 1. The maximum Gasteiger partial charge on any atom is 0.251 e. The molecule has 2 amide bonds. The number of carbonyl (C=O) groups is 2. The number of halogens is 2. The molecule has 2 saturated heterocycles. The number of carbonyl (C=O) groups excluding carboxylic acids is 2. The lowest BCUT2D eigenvalue weighted by atomic mass is 10.2. The van der Waals surface area contributed by atoms with Crippen molar-refractivity contribution >= 4 is 36.6 Å². The van der Waals surface area contributed by atoms with Gasteiger partial charge in [0.25, 0.3) is 5.91 Å². The highest BCUT2D eigenvalue weighted by Gasteiger charge is 2.28. The third-order valence-corrected chi connectivity index (χ3v) is 5.11. The number of hydrogen-bond acceptors (Lipinski definition) is 5. The monoisotopic (exact) mass is 432 g/mol. The molecule has 1 aromatic rings. The summed E-state index contributed by atoms with van der Waals surface area (Å²) in [5.41, 5.74) is 0.630. The topological polar surface area (TPSA) is 73.9 Å². The van der Waals surface area contributed by atoms with Crippen LogP contribution in [-0.2, 0) is 4.79 Å². The van der Waals surface area contributed by atoms with Crippen molar-refractivity contribution in [1.82, 2.24) is 20.4 Å². The SMILES string of the molecule is COc1ccc(C(=O)NCCN2CCN(C(=O)C3CCCN3)CC2)cc1.Cl.Cl. The minimum absolute atomic E-state index is 0. The number of piperazine rings is 1. The highest BCUT2D eigenvalue weighted by molar-refractivity contribution is 5.94. The molecule has 2 aliphatic rings. The Balaban J connectivity index is 0.00000196. The number of benzene rings is 1. The van der Waals surface area contributed by atoms with Crippen molar-refractivity contribution in [3.8, 4) is 5.75 Å². The quantitative estimate of drug-likeness (QED) is 0.705. The summed E-state index contributed by atoms with van der Waals surface area (Å²) < 4.78 is 5.10. The zero-order chi connectivity index (χ0) is 18.4. The van der Waals surface area contributed by atoms with Crippen molar-refractivity contribution in [2.24, 2.45) is 0 Å². The predicted molar refractivity (Wildman–Crippen MR) is 114 cm³/mol. The molecule has 1 aromatic carbocycles. The number of nitrogens with one attached hydrogen (secondary N) is 2. The highest BCUT2D eigenvalue weighted by Crippen LogP contribution is 2.12. The second kappa shape index (κ2) is 12.1. The predicted octanol–water partition coefficient (Wildman–Crippen LogP) is 1.16. The summed E-state index contributed by atoms with van der Waals surface area (Å²) in [5, 5.41) is 6.22. The molecule has 2 aliphatic heterocycles. The lowest BCUT2D eigenvalue weighted by Crippen LogP contribution is -2.53. The lowest BCUT2D eigenvalue weighted by Gasteiger charge is -2.36. The number of methoxy groups -OCH3 is 1. The van der Waals surface area contributed by atoms with Gasteiger partial charge in [-0.25, -0.2) is 0 Å². The van der Waals surface area contributed by atoms with Crippen LogP contribution in [0.5, 0.6) is 5.75 Å². The summed E-state index contributed by atoms with van der Waals surface area (Å²) in [6.45, 7) is 5.60. The molecule has 2 fully saturated rings. The van der Waals surface area contributed by atoms with Gasteiger partial charge in [0.2, 0.25) is 5.91 Å². The molecule has 1 atom stereocenters. The third-order valence-electron chi connectivity index (χ3n) is 5.11. The average molecular weight is 433 g/mol. The maximum atomic E-state index is 12.4. The first-order chi connectivity index (χ1) is 12.7. The summed E-state index contributed by atoms with van der Waals surface area (Å²) in [5.74, 6) is 0.908. The average Bonchev–Trinajstić information content (AvgIpc) is 3.23. The van der Waals surface area contributed by atoms with Crippen molar-refractivity contribution in [3.05, 3.63) is 29.8 Å². The number of hydrogen-bond donors (Lipinski definition) is 2. The van der Waals surface area contributed by atoms with E-state index in [0.717, 1.165) is 57.9 Å². The molecule has 2 N–H and O–H groups in total. The van der Waals surface area contributed by atoms with Crippen molar-refractivity contribution in [2.75, 3.05) is 52.9 Å². The Hall–Kier alpha value is -1.54. The van der Waals surface area contributed by atoms with Gasteiger partial charge in [0.1, 0.15) is 5.75 Å². The Morgan fingerprint density at radius 3 is 2.39 bits per heavy atom. The van der Waals surface area contributed by atoms with Crippen LogP contribution in [0.4, 0.5) is 0 Å². The van der Waals surface area contributed by atoms with Crippen LogP contribution < -0.4 is 15.4 Å². The third kappa shape index (κ3) is 6.51. The molecule has 9 heteroatoms. The Bertz CT molecular complexity index is 616. The van der Waals surface area contributed by atoms with Gasteiger partial charge < -0.3 is 20.3 Å². The number of nitrogens with zero attached hydrogens (tertiary/aromatic N) is 2. The van der Waals surface area contributed by atoms with Crippen molar-refractivity contribution in [1.29, 1.82) is 0 Å². The van der Waals surface area contributed by atoms with Gasteiger partial charge in [-0.05, 0) is 43.7 Å². The molecule has 28 heavy (non-hydrogen) atoms. The van der Waals surface area contributed by atoms with Gasteiger partial charge in [0.15, 0.2) is 0 Å². The van der Waals surface area contributed by atoms with Gasteiger partial charge in [-0.2, -0.15) is 0 Å². The molecule has 3 rings (SSSR count).